The molecule has 0 radical (unpaired) electrons. The van der Waals surface area contributed by atoms with Gasteiger partial charge in [0.05, 0.1) is 7.11 Å². The normalized spacial score (nSPS) is 12.2. The third kappa shape index (κ3) is 3.51. The number of ether oxygens (including phenoxy) is 1. The second-order valence-corrected chi connectivity index (χ2v) is 4.33. The maximum Gasteiger partial charge on any atom is 0.217 e. The van der Waals surface area contributed by atoms with E-state index in [4.69, 9.17) is 4.74 Å². The topological polar surface area (TPSA) is 34.1 Å². The van der Waals surface area contributed by atoms with E-state index in [9.17, 15) is 4.39 Å². The number of hydrogen-bond acceptors (Lipinski definition) is 3. The Morgan fingerprint density at radius 2 is 2.00 bits per heavy atom. The molecule has 1 unspecified atom stereocenters. The number of halogens is 1. The predicted octanol–water partition coefficient (Wildman–Crippen LogP) is 3.08. The van der Waals surface area contributed by atoms with Gasteiger partial charge in [-0.3, -0.25) is 0 Å². The van der Waals surface area contributed by atoms with Crippen LogP contribution in [0.25, 0.3) is 0 Å². The molecule has 3 nitrogen and oxygen atoms in total. The van der Waals surface area contributed by atoms with Crippen molar-refractivity contribution in [1.29, 1.82) is 0 Å². The minimum atomic E-state index is -0.218. The second kappa shape index (κ2) is 6.29. The Hall–Kier alpha value is -1.94. The molecule has 2 aromatic rings. The van der Waals surface area contributed by atoms with Crippen LogP contribution in [0, 0.1) is 5.82 Å². The lowest BCUT2D eigenvalue weighted by Gasteiger charge is -2.15. The van der Waals surface area contributed by atoms with Gasteiger partial charge in [-0.15, -0.1) is 0 Å². The summed E-state index contributed by atoms with van der Waals surface area (Å²) in [6.45, 7) is 2.69. The zero-order valence-electron chi connectivity index (χ0n) is 11.1. The van der Waals surface area contributed by atoms with Crippen LogP contribution < -0.4 is 10.1 Å². The van der Waals surface area contributed by atoms with E-state index in [0.29, 0.717) is 12.4 Å². The van der Waals surface area contributed by atoms with Gasteiger partial charge in [0.1, 0.15) is 5.82 Å². The molecular formula is C15H17FN2O. The summed E-state index contributed by atoms with van der Waals surface area (Å²) < 4.78 is 18.1. The number of aromatic nitrogens is 1. The molecule has 0 spiro atoms. The third-order valence-electron chi connectivity index (χ3n) is 3.01. The Morgan fingerprint density at radius 1 is 1.26 bits per heavy atom. The lowest BCUT2D eigenvalue weighted by molar-refractivity contribution is 0.389. The van der Waals surface area contributed by atoms with Gasteiger partial charge in [0, 0.05) is 24.3 Å². The molecule has 0 aliphatic rings. The standard InChI is InChI=1S/C15H17FN2O/c1-11(12-5-7-14(16)8-6-12)18-10-13-4-3-9-17-15(13)19-2/h3-9,11,18H,10H2,1-2H3. The largest absolute Gasteiger partial charge is 0.481 e. The van der Waals surface area contributed by atoms with Gasteiger partial charge in [-0.25, -0.2) is 9.37 Å². The average Bonchev–Trinajstić information content (AvgIpc) is 2.45. The monoisotopic (exact) mass is 260 g/mol. The Kier molecular flexibility index (Phi) is 4.47. The molecule has 0 aliphatic heterocycles. The van der Waals surface area contributed by atoms with Crippen LogP contribution in [0.1, 0.15) is 24.1 Å². The first-order valence-electron chi connectivity index (χ1n) is 6.17. The van der Waals surface area contributed by atoms with Crippen molar-refractivity contribution in [3.63, 3.8) is 0 Å². The van der Waals surface area contributed by atoms with Crippen molar-refractivity contribution < 1.29 is 9.13 Å². The Labute approximate surface area is 112 Å². The van der Waals surface area contributed by atoms with Crippen LogP contribution in [0.4, 0.5) is 4.39 Å². The fraction of sp³-hybridized carbons (Fsp3) is 0.267. The van der Waals surface area contributed by atoms with Crippen LogP contribution in [0.15, 0.2) is 42.6 Å². The summed E-state index contributed by atoms with van der Waals surface area (Å²) in [5, 5.41) is 3.37. The van der Waals surface area contributed by atoms with Crippen molar-refractivity contribution in [3.05, 3.63) is 59.5 Å². The SMILES string of the molecule is COc1ncccc1CNC(C)c1ccc(F)cc1. The lowest BCUT2D eigenvalue weighted by atomic mass is 10.1. The number of benzene rings is 1. The van der Waals surface area contributed by atoms with Gasteiger partial charge in [0.15, 0.2) is 0 Å². The summed E-state index contributed by atoms with van der Waals surface area (Å²) in [6.07, 6.45) is 1.70. The average molecular weight is 260 g/mol. The van der Waals surface area contributed by atoms with E-state index < -0.39 is 0 Å². The molecule has 0 bridgehead atoms. The molecule has 1 heterocycles. The molecule has 0 saturated heterocycles. The van der Waals surface area contributed by atoms with Gasteiger partial charge < -0.3 is 10.1 Å². The number of methoxy groups -OCH3 is 1. The molecule has 4 heteroatoms. The van der Waals surface area contributed by atoms with Gasteiger partial charge >= 0.3 is 0 Å². The van der Waals surface area contributed by atoms with Gasteiger partial charge in [-0.2, -0.15) is 0 Å². The smallest absolute Gasteiger partial charge is 0.217 e. The molecule has 0 aliphatic carbocycles. The van der Waals surface area contributed by atoms with E-state index in [2.05, 4.69) is 10.3 Å². The second-order valence-electron chi connectivity index (χ2n) is 4.33. The zero-order chi connectivity index (χ0) is 13.7. The Morgan fingerprint density at radius 3 is 2.68 bits per heavy atom. The van der Waals surface area contributed by atoms with Crippen LogP contribution in [0.3, 0.4) is 0 Å². The van der Waals surface area contributed by atoms with E-state index in [1.807, 2.05) is 19.1 Å². The first-order chi connectivity index (χ1) is 9.20. The summed E-state index contributed by atoms with van der Waals surface area (Å²) in [5.74, 6) is 0.409. The number of rotatable bonds is 5. The fourth-order valence-electron chi connectivity index (χ4n) is 1.87. The highest BCUT2D eigenvalue weighted by Gasteiger charge is 2.07. The quantitative estimate of drug-likeness (QED) is 0.897. The van der Waals surface area contributed by atoms with Gasteiger partial charge in [0.25, 0.3) is 0 Å². The van der Waals surface area contributed by atoms with E-state index in [1.54, 1.807) is 25.4 Å². The predicted molar refractivity (Wildman–Crippen MR) is 72.4 cm³/mol. The van der Waals surface area contributed by atoms with Crippen molar-refractivity contribution in [3.8, 4) is 5.88 Å². The molecule has 19 heavy (non-hydrogen) atoms. The molecule has 1 aromatic carbocycles. The van der Waals surface area contributed by atoms with E-state index >= 15 is 0 Å². The van der Waals surface area contributed by atoms with E-state index in [1.165, 1.54) is 12.1 Å². The molecule has 1 aromatic heterocycles. The van der Waals surface area contributed by atoms with Gasteiger partial charge in [-0.1, -0.05) is 18.2 Å². The molecule has 2 rings (SSSR count). The fourth-order valence-corrected chi connectivity index (χ4v) is 1.87. The molecule has 100 valence electrons. The van der Waals surface area contributed by atoms with Gasteiger partial charge in [0.2, 0.25) is 5.88 Å². The van der Waals surface area contributed by atoms with Crippen molar-refractivity contribution in [1.82, 2.24) is 10.3 Å². The summed E-state index contributed by atoms with van der Waals surface area (Å²) in [4.78, 5) is 4.15. The van der Waals surface area contributed by atoms with Crippen LogP contribution in [0.2, 0.25) is 0 Å². The third-order valence-corrected chi connectivity index (χ3v) is 3.01. The zero-order valence-corrected chi connectivity index (χ0v) is 11.1. The van der Waals surface area contributed by atoms with Crippen LogP contribution in [0.5, 0.6) is 5.88 Å². The maximum absolute atomic E-state index is 12.9. The van der Waals surface area contributed by atoms with Crippen LogP contribution in [-0.2, 0) is 6.54 Å². The maximum atomic E-state index is 12.9. The number of nitrogens with zero attached hydrogens (tertiary/aromatic N) is 1. The van der Waals surface area contributed by atoms with Crippen molar-refractivity contribution in [2.24, 2.45) is 0 Å². The van der Waals surface area contributed by atoms with Crippen molar-refractivity contribution >= 4 is 0 Å². The molecule has 0 amide bonds. The molecular weight excluding hydrogens is 243 g/mol. The van der Waals surface area contributed by atoms with Crippen molar-refractivity contribution in [2.75, 3.05) is 7.11 Å². The minimum absolute atomic E-state index is 0.130. The van der Waals surface area contributed by atoms with E-state index in [-0.39, 0.29) is 11.9 Å². The minimum Gasteiger partial charge on any atom is -0.481 e. The highest BCUT2D eigenvalue weighted by atomic mass is 19.1. The van der Waals surface area contributed by atoms with E-state index in [0.717, 1.165) is 11.1 Å². The number of hydrogen-bond donors (Lipinski definition) is 1. The number of nitrogens with one attached hydrogen (secondary N) is 1. The summed E-state index contributed by atoms with van der Waals surface area (Å²) in [7, 11) is 1.61. The molecule has 1 N–H and O–H groups in total. The molecule has 1 atom stereocenters. The summed E-state index contributed by atoms with van der Waals surface area (Å²) in [5.41, 5.74) is 2.04. The lowest BCUT2D eigenvalue weighted by Crippen LogP contribution is -2.18. The Bertz CT molecular complexity index is 528. The number of pyridine rings is 1. The van der Waals surface area contributed by atoms with Crippen LogP contribution in [-0.4, -0.2) is 12.1 Å². The summed E-state index contributed by atoms with van der Waals surface area (Å²) >= 11 is 0. The van der Waals surface area contributed by atoms with Crippen LogP contribution >= 0.6 is 0 Å². The highest BCUT2D eigenvalue weighted by Crippen LogP contribution is 2.17. The highest BCUT2D eigenvalue weighted by molar-refractivity contribution is 5.26. The molecule has 0 saturated carbocycles. The van der Waals surface area contributed by atoms with Gasteiger partial charge in [-0.05, 0) is 30.7 Å². The summed E-state index contributed by atoms with van der Waals surface area (Å²) in [6, 6.07) is 10.5. The molecule has 0 fully saturated rings. The first-order valence-corrected chi connectivity index (χ1v) is 6.17. The van der Waals surface area contributed by atoms with Crippen molar-refractivity contribution in [2.45, 2.75) is 19.5 Å². The first kappa shape index (κ1) is 13.5. The Balaban J connectivity index is 2.00.